The van der Waals surface area contributed by atoms with Gasteiger partial charge in [-0.1, -0.05) is 13.8 Å². The fourth-order valence-corrected chi connectivity index (χ4v) is 2.67. The van der Waals surface area contributed by atoms with Crippen molar-refractivity contribution in [3.63, 3.8) is 0 Å². The molecule has 1 saturated heterocycles. The summed E-state index contributed by atoms with van der Waals surface area (Å²) in [6.07, 6.45) is 1.83. The Morgan fingerprint density at radius 2 is 1.85 bits per heavy atom. The number of rotatable bonds is 5. The molecule has 0 aromatic heterocycles. The summed E-state index contributed by atoms with van der Waals surface area (Å²) in [5, 5.41) is 9.02. The van der Waals surface area contributed by atoms with Crippen LogP contribution in [0.2, 0.25) is 0 Å². The minimum absolute atomic E-state index is 0.0606. The molecule has 1 rings (SSSR count). The second-order valence-corrected chi connectivity index (χ2v) is 5.72. The van der Waals surface area contributed by atoms with E-state index >= 15 is 0 Å². The van der Waals surface area contributed by atoms with Crippen LogP contribution in [-0.4, -0.2) is 78.1 Å². The van der Waals surface area contributed by atoms with Gasteiger partial charge in [0.15, 0.2) is 0 Å². The van der Waals surface area contributed by atoms with Crippen LogP contribution in [0, 0.1) is 5.92 Å². The van der Waals surface area contributed by atoms with E-state index in [9.17, 15) is 9.59 Å². The summed E-state index contributed by atoms with van der Waals surface area (Å²) in [7, 11) is 3.53. The van der Waals surface area contributed by atoms with Crippen molar-refractivity contribution in [1.29, 1.82) is 0 Å². The van der Waals surface area contributed by atoms with Crippen molar-refractivity contribution in [2.75, 3.05) is 40.3 Å². The minimum atomic E-state index is -0.747. The number of carboxylic acids is 1. The minimum Gasteiger partial charge on any atom is -0.481 e. The Hall–Kier alpha value is -1.30. The lowest BCUT2D eigenvalue weighted by atomic mass is 10.0. The van der Waals surface area contributed by atoms with Gasteiger partial charge in [0.25, 0.3) is 0 Å². The normalized spacial score (nSPS) is 18.1. The summed E-state index contributed by atoms with van der Waals surface area (Å²) in [5.74, 6) is -1.10. The summed E-state index contributed by atoms with van der Waals surface area (Å²) < 4.78 is 0. The zero-order valence-corrected chi connectivity index (χ0v) is 13.0. The van der Waals surface area contributed by atoms with Gasteiger partial charge in [0.05, 0.1) is 5.92 Å². The first-order valence-corrected chi connectivity index (χ1v) is 7.29. The molecule has 0 radical (unpaired) electrons. The van der Waals surface area contributed by atoms with Crippen LogP contribution >= 0.6 is 0 Å². The molecule has 0 bridgehead atoms. The molecule has 1 fully saturated rings. The van der Waals surface area contributed by atoms with Crippen LogP contribution < -0.4 is 0 Å². The average Bonchev–Trinajstić information content (AvgIpc) is 2.43. The van der Waals surface area contributed by atoms with Gasteiger partial charge in [0.2, 0.25) is 0 Å². The molecular weight excluding hydrogens is 258 g/mol. The second-order valence-electron chi connectivity index (χ2n) is 5.72. The largest absolute Gasteiger partial charge is 0.481 e. The molecule has 1 aliphatic rings. The predicted molar refractivity (Wildman–Crippen MR) is 77.7 cm³/mol. The number of hydrogen-bond acceptors (Lipinski definition) is 3. The fraction of sp³-hybridized carbons (Fsp3) is 0.857. The van der Waals surface area contributed by atoms with E-state index in [4.69, 9.17) is 5.11 Å². The molecule has 1 heterocycles. The first-order chi connectivity index (χ1) is 9.36. The summed E-state index contributed by atoms with van der Waals surface area (Å²) in [4.78, 5) is 28.5. The van der Waals surface area contributed by atoms with Crippen LogP contribution in [0.5, 0.6) is 0 Å². The molecule has 0 saturated carbocycles. The summed E-state index contributed by atoms with van der Waals surface area (Å²) >= 11 is 0. The van der Waals surface area contributed by atoms with E-state index in [2.05, 4.69) is 11.8 Å². The SMILES string of the molecule is CCN(CC(C)C(=O)O)C1CCN(C(=O)N(C)C)CC1. The van der Waals surface area contributed by atoms with Crippen molar-refractivity contribution in [1.82, 2.24) is 14.7 Å². The lowest BCUT2D eigenvalue weighted by molar-refractivity contribution is -0.142. The number of carbonyl (C=O) groups is 2. The molecule has 0 spiro atoms. The van der Waals surface area contributed by atoms with Crippen LogP contribution in [0.4, 0.5) is 4.79 Å². The number of urea groups is 1. The number of likely N-dealkylation sites (tertiary alicyclic amines) is 1. The Morgan fingerprint density at radius 3 is 2.25 bits per heavy atom. The van der Waals surface area contributed by atoms with Gasteiger partial charge < -0.3 is 14.9 Å². The third-order valence-electron chi connectivity index (χ3n) is 3.97. The first-order valence-electron chi connectivity index (χ1n) is 7.29. The molecule has 1 N–H and O–H groups in total. The summed E-state index contributed by atoms with van der Waals surface area (Å²) in [5.41, 5.74) is 0. The van der Waals surface area contributed by atoms with Crippen LogP contribution in [0.1, 0.15) is 26.7 Å². The van der Waals surface area contributed by atoms with Gasteiger partial charge in [-0.05, 0) is 19.4 Å². The van der Waals surface area contributed by atoms with E-state index in [1.54, 1.807) is 25.9 Å². The van der Waals surface area contributed by atoms with Gasteiger partial charge in [-0.2, -0.15) is 0 Å². The smallest absolute Gasteiger partial charge is 0.319 e. The number of hydrogen-bond donors (Lipinski definition) is 1. The molecule has 1 aliphatic heterocycles. The number of piperidine rings is 1. The first kappa shape index (κ1) is 16.8. The highest BCUT2D eigenvalue weighted by Gasteiger charge is 2.28. The molecule has 0 aliphatic carbocycles. The zero-order valence-electron chi connectivity index (χ0n) is 13.0. The molecule has 20 heavy (non-hydrogen) atoms. The van der Waals surface area contributed by atoms with Gasteiger partial charge >= 0.3 is 12.0 Å². The molecule has 116 valence electrons. The van der Waals surface area contributed by atoms with Crippen molar-refractivity contribution < 1.29 is 14.7 Å². The molecule has 6 heteroatoms. The monoisotopic (exact) mass is 285 g/mol. The third kappa shape index (κ3) is 4.37. The number of nitrogens with zero attached hydrogens (tertiary/aromatic N) is 3. The highest BCUT2D eigenvalue weighted by molar-refractivity contribution is 5.73. The van der Waals surface area contributed by atoms with E-state index in [0.29, 0.717) is 12.6 Å². The highest BCUT2D eigenvalue weighted by Crippen LogP contribution is 2.18. The summed E-state index contributed by atoms with van der Waals surface area (Å²) in [6, 6.07) is 0.443. The standard InChI is InChI=1S/C14H27N3O3/c1-5-16(10-11(2)13(18)19)12-6-8-17(9-7-12)14(20)15(3)4/h11-12H,5-10H2,1-4H3,(H,18,19). The number of carboxylic acid groups (broad SMARTS) is 1. The third-order valence-corrected chi connectivity index (χ3v) is 3.97. The van der Waals surface area contributed by atoms with Crippen molar-refractivity contribution in [3.05, 3.63) is 0 Å². The molecule has 1 atom stereocenters. The van der Waals surface area contributed by atoms with E-state index < -0.39 is 5.97 Å². The molecule has 1 unspecified atom stereocenters. The molecular formula is C14H27N3O3. The van der Waals surface area contributed by atoms with Gasteiger partial charge in [-0.3, -0.25) is 9.69 Å². The number of aliphatic carboxylic acids is 1. The van der Waals surface area contributed by atoms with Gasteiger partial charge in [0, 0.05) is 39.8 Å². The van der Waals surface area contributed by atoms with Crippen molar-refractivity contribution in [3.8, 4) is 0 Å². The zero-order chi connectivity index (χ0) is 15.3. The highest BCUT2D eigenvalue weighted by atomic mass is 16.4. The van der Waals surface area contributed by atoms with Gasteiger partial charge in [0.1, 0.15) is 0 Å². The molecule has 2 amide bonds. The quantitative estimate of drug-likeness (QED) is 0.823. The van der Waals surface area contributed by atoms with E-state index in [1.165, 1.54) is 0 Å². The summed E-state index contributed by atoms with van der Waals surface area (Å²) in [6.45, 7) is 6.74. The lowest BCUT2D eigenvalue weighted by Gasteiger charge is -2.39. The second kappa shape index (κ2) is 7.47. The van der Waals surface area contributed by atoms with E-state index in [1.807, 2.05) is 4.90 Å². The van der Waals surface area contributed by atoms with Gasteiger partial charge in [-0.15, -0.1) is 0 Å². The molecule has 0 aromatic carbocycles. The van der Waals surface area contributed by atoms with Crippen LogP contribution in [0.25, 0.3) is 0 Å². The Morgan fingerprint density at radius 1 is 1.30 bits per heavy atom. The predicted octanol–water partition coefficient (Wildman–Crippen LogP) is 1.17. The van der Waals surface area contributed by atoms with Crippen molar-refractivity contribution in [2.24, 2.45) is 5.92 Å². The topological polar surface area (TPSA) is 64.1 Å². The lowest BCUT2D eigenvalue weighted by Crippen LogP contribution is -2.50. The number of carbonyl (C=O) groups excluding carboxylic acids is 1. The fourth-order valence-electron chi connectivity index (χ4n) is 2.67. The maximum Gasteiger partial charge on any atom is 0.319 e. The van der Waals surface area contributed by atoms with Crippen molar-refractivity contribution >= 4 is 12.0 Å². The van der Waals surface area contributed by atoms with Crippen LogP contribution in [0.15, 0.2) is 0 Å². The molecule has 6 nitrogen and oxygen atoms in total. The van der Waals surface area contributed by atoms with Crippen LogP contribution in [-0.2, 0) is 4.79 Å². The van der Waals surface area contributed by atoms with Crippen molar-refractivity contribution in [2.45, 2.75) is 32.7 Å². The Bertz CT molecular complexity index is 339. The average molecular weight is 285 g/mol. The Labute approximate surface area is 121 Å². The van der Waals surface area contributed by atoms with E-state index in [0.717, 1.165) is 32.5 Å². The maximum atomic E-state index is 11.9. The molecule has 0 aromatic rings. The van der Waals surface area contributed by atoms with Gasteiger partial charge in [-0.25, -0.2) is 4.79 Å². The maximum absolute atomic E-state index is 11.9. The van der Waals surface area contributed by atoms with Crippen LogP contribution in [0.3, 0.4) is 0 Å². The van der Waals surface area contributed by atoms with E-state index in [-0.39, 0.29) is 11.9 Å². The Balaban J connectivity index is 2.50. The number of amides is 2. The Kier molecular flexibility index (Phi) is 6.26.